The highest BCUT2D eigenvalue weighted by Crippen LogP contribution is 2.31. The molecule has 7 rings (SSSR count). The van der Waals surface area contributed by atoms with Crippen LogP contribution in [0.1, 0.15) is 84.4 Å². The summed E-state index contributed by atoms with van der Waals surface area (Å²) in [6.45, 7) is 12.6. The average Bonchev–Trinajstić information content (AvgIpc) is 4.27. The van der Waals surface area contributed by atoms with Crippen LogP contribution in [0.2, 0.25) is 0 Å². The predicted molar refractivity (Wildman–Crippen MR) is 313 cm³/mol. The van der Waals surface area contributed by atoms with E-state index in [2.05, 4.69) is 16.0 Å². The van der Waals surface area contributed by atoms with Gasteiger partial charge < -0.3 is 40.3 Å². The number of nitrogens with one attached hydrogen (secondary N) is 3. The minimum Gasteiger partial charge on any atom is -0.452 e. The Morgan fingerprint density at radius 1 is 0.588 bits per heavy atom. The molecule has 0 spiro atoms. The smallest absolute Gasteiger partial charge is 0.311 e. The van der Waals surface area contributed by atoms with Crippen LogP contribution < -0.4 is 16.0 Å². The first-order chi connectivity index (χ1) is 38.2. The van der Waals surface area contributed by atoms with Crippen LogP contribution in [-0.4, -0.2) is 177 Å². The summed E-state index contributed by atoms with van der Waals surface area (Å²) in [5, 5.41) is 10.2. The summed E-state index contributed by atoms with van der Waals surface area (Å²) in [5.74, 6) is -5.21. The number of rotatable bonds is 9. The van der Waals surface area contributed by atoms with Crippen LogP contribution >= 0.6 is 23.5 Å². The van der Waals surface area contributed by atoms with Crippen molar-refractivity contribution in [3.63, 3.8) is 0 Å². The van der Waals surface area contributed by atoms with Gasteiger partial charge in [0.15, 0.2) is 6.10 Å². The minimum atomic E-state index is -1.38. The maximum absolute atomic E-state index is 15.0. The number of esters is 1. The van der Waals surface area contributed by atoms with Crippen LogP contribution in [0.3, 0.4) is 0 Å². The Morgan fingerprint density at radius 3 is 1.70 bits per heavy atom. The summed E-state index contributed by atoms with van der Waals surface area (Å²) in [6.07, 6.45) is 0.540. The number of amides is 7. The molecule has 20 heteroatoms. The molecule has 1 fully saturated rings. The van der Waals surface area contributed by atoms with E-state index < -0.39 is 114 Å². The lowest BCUT2D eigenvalue weighted by atomic mass is 9.98. The molecule has 0 radical (unpaired) electrons. The molecule has 4 heterocycles. The van der Waals surface area contributed by atoms with Crippen LogP contribution in [0.15, 0.2) is 101 Å². The number of fused-ring (bicyclic) bond motifs is 3. The maximum atomic E-state index is 15.0. The fourth-order valence-electron chi connectivity index (χ4n) is 10.7. The predicted octanol–water partition coefficient (Wildman–Crippen LogP) is 4.97. The third-order valence-electron chi connectivity index (χ3n) is 15.7. The van der Waals surface area contributed by atoms with Gasteiger partial charge in [-0.3, -0.25) is 48.3 Å². The Morgan fingerprint density at radius 2 is 1.12 bits per heavy atom. The summed E-state index contributed by atoms with van der Waals surface area (Å²) in [5.41, 5.74) is 2.44. The van der Waals surface area contributed by atoms with Crippen LogP contribution in [-0.2, 0) is 62.4 Å². The van der Waals surface area contributed by atoms with Gasteiger partial charge in [0.2, 0.25) is 35.4 Å². The van der Waals surface area contributed by atoms with Gasteiger partial charge >= 0.3 is 5.97 Å². The van der Waals surface area contributed by atoms with Crippen molar-refractivity contribution in [1.82, 2.24) is 35.6 Å². The van der Waals surface area contributed by atoms with E-state index in [1.54, 1.807) is 51.6 Å². The summed E-state index contributed by atoms with van der Waals surface area (Å²) in [6, 6.07) is 20.4. The molecule has 1 saturated heterocycles. The molecule has 18 nitrogen and oxygen atoms in total. The van der Waals surface area contributed by atoms with Crippen molar-refractivity contribution >= 4 is 80.9 Å². The quantitative estimate of drug-likeness (QED) is 0.243. The number of aliphatic imine (C=N–C) groups is 2. The topological polar surface area (TPSA) is 220 Å². The highest BCUT2D eigenvalue weighted by molar-refractivity contribution is 8.14. The molecule has 80 heavy (non-hydrogen) atoms. The summed E-state index contributed by atoms with van der Waals surface area (Å²) in [7, 11) is 4.78. The molecule has 0 saturated carbocycles. The number of carbonyl (C=O) groups is 8. The van der Waals surface area contributed by atoms with E-state index in [4.69, 9.17) is 14.7 Å². The van der Waals surface area contributed by atoms with Crippen molar-refractivity contribution in [3.05, 3.63) is 108 Å². The maximum Gasteiger partial charge on any atom is 0.311 e. The van der Waals surface area contributed by atoms with Crippen LogP contribution in [0.4, 0.5) is 0 Å². The van der Waals surface area contributed by atoms with Crippen LogP contribution in [0, 0.1) is 17.8 Å². The van der Waals surface area contributed by atoms with Gasteiger partial charge in [-0.05, 0) is 68.1 Å². The largest absolute Gasteiger partial charge is 0.452 e. The number of thioether (sulfide) groups is 2. The first kappa shape index (κ1) is 61.1. The molecule has 4 bridgehead atoms. The molecule has 430 valence electrons. The van der Waals surface area contributed by atoms with E-state index in [1.165, 1.54) is 40.4 Å². The number of ether oxygens (including phenoxy) is 1. The fourth-order valence-corrected chi connectivity index (χ4v) is 13.0. The SMILES string of the molecule is CC[C@H]1NC(=O)[C@@H]2CSC(=N2)[C@@H](Cc2ccccc2)N(C)C(=O)[C@@H]2CCCN2C(=O)[C@H](C(C)C)N(C)C(=O)[C@H](Cc2ccccc2)OC(=O)[C@H](C)[C@@H](C)NC(=O)[C@H](C(C)C)NC(=O)[C@@H](Cc2ccccc2)N(C)C(=O)[C@H]2CSC1=N2. The van der Waals surface area contributed by atoms with E-state index >= 15 is 4.79 Å². The second kappa shape index (κ2) is 27.8. The highest BCUT2D eigenvalue weighted by atomic mass is 32.2. The summed E-state index contributed by atoms with van der Waals surface area (Å²) >= 11 is 2.78. The molecule has 7 amide bonds. The Bertz CT molecular complexity index is 2770. The van der Waals surface area contributed by atoms with Gasteiger partial charge in [-0.2, -0.15) is 0 Å². The fraction of sp³-hybridized carbons (Fsp3) is 0.533. The van der Waals surface area contributed by atoms with Gasteiger partial charge in [0.1, 0.15) is 36.3 Å². The van der Waals surface area contributed by atoms with Gasteiger partial charge in [0, 0.05) is 58.1 Å². The first-order valence-electron chi connectivity index (χ1n) is 27.9. The number of likely N-dealkylation sites (N-methyl/N-ethyl adjacent to an activating group) is 3. The van der Waals surface area contributed by atoms with E-state index in [1.807, 2.05) is 112 Å². The monoisotopic (exact) mass is 1130 g/mol. The zero-order chi connectivity index (χ0) is 57.9. The third-order valence-corrected chi connectivity index (χ3v) is 18.0. The van der Waals surface area contributed by atoms with Gasteiger partial charge in [0.25, 0.3) is 5.91 Å². The van der Waals surface area contributed by atoms with Gasteiger partial charge in [0.05, 0.1) is 28.1 Å². The van der Waals surface area contributed by atoms with Crippen molar-refractivity contribution in [2.45, 2.75) is 147 Å². The molecule has 3 N–H and O–H groups in total. The summed E-state index contributed by atoms with van der Waals surface area (Å²) in [4.78, 5) is 133. The number of hydrogen-bond donors (Lipinski definition) is 3. The zero-order valence-electron chi connectivity index (χ0n) is 47.7. The number of benzene rings is 3. The Balaban J connectivity index is 1.25. The van der Waals surface area contributed by atoms with Gasteiger partial charge in [-0.25, -0.2) is 0 Å². The van der Waals surface area contributed by atoms with Crippen molar-refractivity contribution in [2.75, 3.05) is 39.2 Å². The van der Waals surface area contributed by atoms with E-state index in [0.717, 1.165) is 11.1 Å². The van der Waals surface area contributed by atoms with Crippen molar-refractivity contribution < 1.29 is 43.1 Å². The molecule has 0 aromatic heterocycles. The van der Waals surface area contributed by atoms with Gasteiger partial charge in [-0.15, -0.1) is 23.5 Å². The molecule has 4 aliphatic heterocycles. The molecule has 0 aliphatic carbocycles. The lowest BCUT2D eigenvalue weighted by Crippen LogP contribution is -2.59. The normalized spacial score (nSPS) is 28.5. The lowest BCUT2D eigenvalue weighted by molar-refractivity contribution is -0.166. The van der Waals surface area contributed by atoms with E-state index in [9.17, 15) is 33.6 Å². The highest BCUT2D eigenvalue weighted by Gasteiger charge is 2.46. The van der Waals surface area contributed by atoms with Crippen LogP contribution in [0.5, 0.6) is 0 Å². The van der Waals surface area contributed by atoms with Crippen molar-refractivity contribution in [2.24, 2.45) is 27.7 Å². The van der Waals surface area contributed by atoms with E-state index in [-0.39, 0.29) is 37.0 Å². The Hall–Kier alpha value is -6.54. The van der Waals surface area contributed by atoms with Gasteiger partial charge in [-0.1, -0.05) is 126 Å². The first-order valence-corrected chi connectivity index (χ1v) is 29.9. The second-order valence-electron chi connectivity index (χ2n) is 22.1. The number of cyclic esters (lactones) is 1. The average molecular weight is 1130 g/mol. The number of nitrogens with zero attached hydrogens (tertiary/aromatic N) is 6. The molecule has 3 aromatic rings. The molecule has 3 aromatic carbocycles. The molecule has 4 aliphatic rings. The lowest BCUT2D eigenvalue weighted by Gasteiger charge is -2.38. The molecular formula is C60H79N9O9S2. The van der Waals surface area contributed by atoms with E-state index in [0.29, 0.717) is 47.1 Å². The third kappa shape index (κ3) is 14.7. The zero-order valence-corrected chi connectivity index (χ0v) is 49.3. The molecular weight excluding hydrogens is 1050 g/mol. The molecule has 0 unspecified atom stereocenters. The minimum absolute atomic E-state index is 0.0140. The Kier molecular flexibility index (Phi) is 21.2. The second-order valence-corrected chi connectivity index (χ2v) is 24.2. The van der Waals surface area contributed by atoms with Crippen LogP contribution in [0.25, 0.3) is 0 Å². The number of carbonyl (C=O) groups excluding carboxylic acids is 8. The summed E-state index contributed by atoms with van der Waals surface area (Å²) < 4.78 is 6.13. The standard InChI is InChI=1S/C60H79N9O9S2/c1-11-42-54-64-44(34-79-54)56(73)66(8)46(30-39-22-15-12-16-23-39)52(71)65-49(35(2)3)53(72)61-38(7)37(6)60(77)78-48(32-41-26-19-14-20-27-41)58(75)68(10)50(36(4)5)59(76)69-29-21-28-45(69)57(74)67(9)47(31-40-24-17-13-18-25-40)55-63-43(33-80-55)51(70)62-42/h12-20,22-27,35-38,42-50H,11,21,28-34H2,1-10H3,(H,61,72)(H,62,70)(H,65,71)/t37-,38-,42-,43+,44-,45+,46-,47-,48+,49+,50+/m1/s1. The molecule has 11 atom stereocenters. The Labute approximate surface area is 479 Å². The number of hydrogen-bond acceptors (Lipinski definition) is 13. The van der Waals surface area contributed by atoms with Crippen molar-refractivity contribution in [3.8, 4) is 0 Å². The van der Waals surface area contributed by atoms with Crippen molar-refractivity contribution in [1.29, 1.82) is 0 Å².